The maximum atomic E-state index is 12.3. The molecule has 134 valence electrons. The summed E-state index contributed by atoms with van der Waals surface area (Å²) in [6, 6.07) is 12.6. The molecular formula is C19H18N2O4S. The van der Waals surface area contributed by atoms with Crippen LogP contribution < -0.4 is 10.0 Å². The van der Waals surface area contributed by atoms with Crippen LogP contribution in [0.15, 0.2) is 53.4 Å². The van der Waals surface area contributed by atoms with Crippen LogP contribution in [0.3, 0.4) is 0 Å². The molecule has 0 fully saturated rings. The second-order valence-corrected chi connectivity index (χ2v) is 7.10. The maximum Gasteiger partial charge on any atom is 0.252 e. The van der Waals surface area contributed by atoms with Crippen molar-refractivity contribution >= 4 is 21.7 Å². The Balaban J connectivity index is 2.14. The first-order chi connectivity index (χ1) is 12.3. The first-order valence-electron chi connectivity index (χ1n) is 7.76. The van der Waals surface area contributed by atoms with E-state index in [2.05, 4.69) is 21.9 Å². The molecule has 0 aliphatic rings. The van der Waals surface area contributed by atoms with Gasteiger partial charge in [-0.1, -0.05) is 36.1 Å². The lowest BCUT2D eigenvalue weighted by Crippen LogP contribution is -2.24. The number of hydrogen-bond donors (Lipinski definition) is 2. The SMILES string of the molecule is CNC(=O)c1ccccc1C#CCNS(=O)(=O)c1cccc(C(C)=O)c1. The highest BCUT2D eigenvalue weighted by atomic mass is 32.2. The number of carbonyl (C=O) groups excluding carboxylic acids is 2. The van der Waals surface area contributed by atoms with E-state index in [9.17, 15) is 18.0 Å². The van der Waals surface area contributed by atoms with Gasteiger partial charge in [-0.2, -0.15) is 4.72 Å². The lowest BCUT2D eigenvalue weighted by molar-refractivity contribution is 0.0961. The largest absolute Gasteiger partial charge is 0.355 e. The summed E-state index contributed by atoms with van der Waals surface area (Å²) in [5.74, 6) is 5.01. The van der Waals surface area contributed by atoms with Crippen LogP contribution >= 0.6 is 0 Å². The Morgan fingerprint density at radius 1 is 1.08 bits per heavy atom. The van der Waals surface area contributed by atoms with Crippen molar-refractivity contribution in [2.75, 3.05) is 13.6 Å². The number of benzene rings is 2. The van der Waals surface area contributed by atoms with E-state index in [4.69, 9.17) is 0 Å². The van der Waals surface area contributed by atoms with Gasteiger partial charge in [0, 0.05) is 18.2 Å². The zero-order chi connectivity index (χ0) is 19.2. The first kappa shape index (κ1) is 19.4. The predicted octanol–water partition coefficient (Wildman–Crippen LogP) is 1.58. The van der Waals surface area contributed by atoms with Crippen molar-refractivity contribution in [2.45, 2.75) is 11.8 Å². The minimum absolute atomic E-state index is 0.00207. The van der Waals surface area contributed by atoms with Crippen LogP contribution in [0.5, 0.6) is 0 Å². The van der Waals surface area contributed by atoms with Gasteiger partial charge >= 0.3 is 0 Å². The molecule has 0 spiro atoms. The van der Waals surface area contributed by atoms with Gasteiger partial charge in [-0.3, -0.25) is 9.59 Å². The molecule has 2 rings (SSSR count). The van der Waals surface area contributed by atoms with Gasteiger partial charge in [0.05, 0.1) is 17.0 Å². The van der Waals surface area contributed by atoms with Gasteiger partial charge in [0.1, 0.15) is 0 Å². The Bertz CT molecular complexity index is 1000. The summed E-state index contributed by atoms with van der Waals surface area (Å²) < 4.78 is 26.9. The first-order valence-corrected chi connectivity index (χ1v) is 9.24. The van der Waals surface area contributed by atoms with E-state index in [0.29, 0.717) is 16.7 Å². The second kappa shape index (κ2) is 8.43. The average Bonchev–Trinajstić information content (AvgIpc) is 2.65. The molecule has 0 aliphatic heterocycles. The molecule has 26 heavy (non-hydrogen) atoms. The van der Waals surface area contributed by atoms with Crippen molar-refractivity contribution in [1.82, 2.24) is 10.0 Å². The molecule has 0 heterocycles. The third kappa shape index (κ3) is 4.79. The molecule has 0 bridgehead atoms. The number of hydrogen-bond acceptors (Lipinski definition) is 4. The van der Waals surface area contributed by atoms with Crippen molar-refractivity contribution in [1.29, 1.82) is 0 Å². The van der Waals surface area contributed by atoms with Crippen LogP contribution in [0.2, 0.25) is 0 Å². The summed E-state index contributed by atoms with van der Waals surface area (Å²) >= 11 is 0. The van der Waals surface area contributed by atoms with Gasteiger partial charge in [0.25, 0.3) is 5.91 Å². The van der Waals surface area contributed by atoms with Gasteiger partial charge in [-0.15, -0.1) is 0 Å². The molecule has 0 saturated carbocycles. The number of sulfonamides is 1. The maximum absolute atomic E-state index is 12.3. The molecule has 0 atom stereocenters. The van der Waals surface area contributed by atoms with E-state index in [0.717, 1.165) is 0 Å². The van der Waals surface area contributed by atoms with Crippen molar-refractivity contribution in [3.8, 4) is 11.8 Å². The lowest BCUT2D eigenvalue weighted by atomic mass is 10.1. The fraction of sp³-hybridized carbons (Fsp3) is 0.158. The van der Waals surface area contributed by atoms with Crippen LogP contribution in [0.25, 0.3) is 0 Å². The zero-order valence-corrected chi connectivity index (χ0v) is 15.2. The molecule has 0 saturated heterocycles. The molecule has 1 amide bonds. The van der Waals surface area contributed by atoms with Gasteiger partial charge in [-0.25, -0.2) is 8.42 Å². The van der Waals surface area contributed by atoms with Crippen LogP contribution in [-0.2, 0) is 10.0 Å². The molecule has 7 heteroatoms. The third-order valence-electron chi connectivity index (χ3n) is 3.52. The Morgan fingerprint density at radius 2 is 1.81 bits per heavy atom. The van der Waals surface area contributed by atoms with Crippen molar-refractivity contribution < 1.29 is 18.0 Å². The second-order valence-electron chi connectivity index (χ2n) is 5.34. The Hall–Kier alpha value is -2.95. The highest BCUT2D eigenvalue weighted by Gasteiger charge is 2.14. The van der Waals surface area contributed by atoms with Crippen LogP contribution in [0.4, 0.5) is 0 Å². The standard InChI is InChI=1S/C19H18N2O4S/c1-14(22)16-8-5-10-17(13-16)26(24,25)21-12-6-9-15-7-3-4-11-18(15)19(23)20-2/h3-5,7-8,10-11,13,21H,12H2,1-2H3,(H,20,23). The zero-order valence-electron chi connectivity index (χ0n) is 14.4. The van der Waals surface area contributed by atoms with Crippen LogP contribution in [0.1, 0.15) is 33.2 Å². The fourth-order valence-corrected chi connectivity index (χ4v) is 3.13. The summed E-state index contributed by atoms with van der Waals surface area (Å²) in [5, 5.41) is 2.53. The van der Waals surface area contributed by atoms with Crippen LogP contribution in [0, 0.1) is 11.8 Å². The average molecular weight is 370 g/mol. The number of rotatable bonds is 5. The molecule has 0 aliphatic carbocycles. The van der Waals surface area contributed by atoms with Crippen molar-refractivity contribution in [3.05, 3.63) is 65.2 Å². The Kier molecular flexibility index (Phi) is 6.28. The van der Waals surface area contributed by atoms with E-state index < -0.39 is 10.0 Å². The van der Waals surface area contributed by atoms with E-state index in [1.54, 1.807) is 30.3 Å². The monoisotopic (exact) mass is 370 g/mol. The number of carbonyl (C=O) groups is 2. The van der Waals surface area contributed by atoms with E-state index in [1.165, 1.54) is 32.2 Å². The summed E-state index contributed by atoms with van der Waals surface area (Å²) in [5.41, 5.74) is 1.24. The predicted molar refractivity (Wildman–Crippen MR) is 98.3 cm³/mol. The van der Waals surface area contributed by atoms with Gasteiger partial charge < -0.3 is 5.32 Å². The third-order valence-corrected chi connectivity index (χ3v) is 4.92. The van der Waals surface area contributed by atoms with Gasteiger partial charge in [0.2, 0.25) is 10.0 Å². The van der Waals surface area contributed by atoms with Crippen LogP contribution in [-0.4, -0.2) is 33.7 Å². The van der Waals surface area contributed by atoms with E-state index in [-0.39, 0.29) is 23.1 Å². The minimum Gasteiger partial charge on any atom is -0.355 e. The topological polar surface area (TPSA) is 92.3 Å². The lowest BCUT2D eigenvalue weighted by Gasteiger charge is -2.05. The quantitative estimate of drug-likeness (QED) is 0.617. The molecule has 0 radical (unpaired) electrons. The highest BCUT2D eigenvalue weighted by Crippen LogP contribution is 2.12. The molecule has 0 aromatic heterocycles. The number of ketones is 1. The number of nitrogens with one attached hydrogen (secondary N) is 2. The van der Waals surface area contributed by atoms with Crippen molar-refractivity contribution in [3.63, 3.8) is 0 Å². The summed E-state index contributed by atoms with van der Waals surface area (Å²) in [6.07, 6.45) is 0. The highest BCUT2D eigenvalue weighted by molar-refractivity contribution is 7.89. The van der Waals surface area contributed by atoms with Gasteiger partial charge in [0.15, 0.2) is 5.78 Å². The smallest absolute Gasteiger partial charge is 0.252 e. The van der Waals surface area contributed by atoms with Gasteiger partial charge in [-0.05, 0) is 31.2 Å². The van der Waals surface area contributed by atoms with E-state index >= 15 is 0 Å². The Morgan fingerprint density at radius 3 is 2.50 bits per heavy atom. The molecule has 0 unspecified atom stereocenters. The summed E-state index contributed by atoms with van der Waals surface area (Å²) in [7, 11) is -2.26. The molecular weight excluding hydrogens is 352 g/mol. The van der Waals surface area contributed by atoms with E-state index in [1.807, 2.05) is 0 Å². The molecule has 2 aromatic carbocycles. The fourth-order valence-electron chi connectivity index (χ4n) is 2.16. The normalized spacial score (nSPS) is 10.5. The molecule has 2 N–H and O–H groups in total. The molecule has 2 aromatic rings. The Labute approximate surface area is 152 Å². The summed E-state index contributed by atoms with van der Waals surface area (Å²) in [6.45, 7) is 1.24. The summed E-state index contributed by atoms with van der Waals surface area (Å²) in [4.78, 5) is 23.2. The minimum atomic E-state index is -3.79. The number of Topliss-reactive ketones (excluding diaryl/α,β-unsaturated/α-hetero) is 1. The van der Waals surface area contributed by atoms with Crippen molar-refractivity contribution in [2.24, 2.45) is 0 Å². The number of amides is 1. The molecule has 6 nitrogen and oxygen atoms in total.